The Morgan fingerprint density at radius 1 is 1.28 bits per heavy atom. The maximum absolute atomic E-state index is 13.9. The van der Waals surface area contributed by atoms with Gasteiger partial charge >= 0.3 is 11.9 Å². The number of hydrogen-bond donors (Lipinski definition) is 1. The van der Waals surface area contributed by atoms with Gasteiger partial charge in [0.25, 0.3) is 0 Å². The summed E-state index contributed by atoms with van der Waals surface area (Å²) < 4.78 is 23.4. The predicted molar refractivity (Wildman–Crippen MR) is 89.8 cm³/mol. The zero-order chi connectivity index (χ0) is 18.2. The van der Waals surface area contributed by atoms with E-state index in [-0.39, 0.29) is 18.1 Å². The fraction of sp³-hybridized carbons (Fsp3) is 0.444. The monoisotopic (exact) mass is 348 g/mol. The van der Waals surface area contributed by atoms with E-state index < -0.39 is 17.3 Å². The average Bonchev–Trinajstić information content (AvgIpc) is 3.18. The molecular weight excluding hydrogens is 327 g/mol. The van der Waals surface area contributed by atoms with Gasteiger partial charge in [-0.25, -0.2) is 9.18 Å². The van der Waals surface area contributed by atoms with Crippen molar-refractivity contribution in [2.45, 2.75) is 25.3 Å². The molecule has 1 N–H and O–H groups in total. The van der Waals surface area contributed by atoms with Gasteiger partial charge in [-0.15, -0.1) is 0 Å². The number of nitrogens with one attached hydrogen (secondary N) is 1. The molecule has 1 aromatic heterocycles. The van der Waals surface area contributed by atoms with Crippen LogP contribution in [0.3, 0.4) is 0 Å². The average molecular weight is 348 g/mol. The number of hydrogen-bond acceptors (Lipinski definition) is 5. The van der Waals surface area contributed by atoms with Crippen molar-refractivity contribution < 1.29 is 23.5 Å². The number of H-pyrrole nitrogens is 1. The summed E-state index contributed by atoms with van der Waals surface area (Å²) in [4.78, 5) is 28.9. The minimum absolute atomic E-state index is 0.181. The number of likely N-dealkylation sites (tertiary alicyclic amines) is 1. The number of methoxy groups -OCH3 is 2. The lowest BCUT2D eigenvalue weighted by atomic mass is 9.94. The smallest absolute Gasteiger partial charge is 0.338 e. The third-order valence-electron chi connectivity index (χ3n) is 5.03. The van der Waals surface area contributed by atoms with Crippen LogP contribution in [0.5, 0.6) is 0 Å². The highest BCUT2D eigenvalue weighted by atomic mass is 19.1. The first kappa shape index (κ1) is 17.4. The lowest BCUT2D eigenvalue weighted by Crippen LogP contribution is -2.42. The number of esters is 2. The highest BCUT2D eigenvalue weighted by Crippen LogP contribution is 2.39. The maximum atomic E-state index is 13.9. The third kappa shape index (κ3) is 3.00. The highest BCUT2D eigenvalue weighted by Gasteiger charge is 2.40. The number of halogens is 1. The van der Waals surface area contributed by atoms with Gasteiger partial charge in [-0.2, -0.15) is 0 Å². The molecule has 0 radical (unpaired) electrons. The van der Waals surface area contributed by atoms with Crippen LogP contribution in [0.15, 0.2) is 18.2 Å². The van der Waals surface area contributed by atoms with Crippen LogP contribution < -0.4 is 0 Å². The molecule has 0 unspecified atom stereocenters. The van der Waals surface area contributed by atoms with E-state index in [9.17, 15) is 14.0 Å². The van der Waals surface area contributed by atoms with E-state index in [1.807, 2.05) is 17.9 Å². The first-order valence-corrected chi connectivity index (χ1v) is 8.12. The molecule has 0 aliphatic carbocycles. The van der Waals surface area contributed by atoms with Gasteiger partial charge in [-0.1, -0.05) is 0 Å². The summed E-state index contributed by atoms with van der Waals surface area (Å²) in [6.07, 6.45) is 1.77. The second-order valence-corrected chi connectivity index (χ2v) is 6.46. The van der Waals surface area contributed by atoms with Crippen LogP contribution >= 0.6 is 0 Å². The molecule has 1 aromatic carbocycles. The van der Waals surface area contributed by atoms with Crippen LogP contribution in [-0.4, -0.2) is 49.1 Å². The Bertz CT molecular complexity index is 832. The normalized spacial score (nSPS) is 20.8. The molecule has 1 atom stereocenters. The number of rotatable bonds is 4. The topological polar surface area (TPSA) is 71.6 Å². The Hall–Kier alpha value is -2.41. The SMILES string of the molecule is COC(=O)CN1CCC[C@]1(C)c1cc2c(C(=O)OC)cc(F)cc2[nH]1. The fourth-order valence-corrected chi connectivity index (χ4v) is 3.57. The zero-order valence-electron chi connectivity index (χ0n) is 14.5. The van der Waals surface area contributed by atoms with Gasteiger partial charge in [-0.05, 0) is 44.5 Å². The van der Waals surface area contributed by atoms with Crippen LogP contribution in [0.2, 0.25) is 0 Å². The molecule has 0 saturated carbocycles. The Kier molecular flexibility index (Phi) is 4.51. The number of benzene rings is 1. The van der Waals surface area contributed by atoms with Crippen LogP contribution in [0.1, 0.15) is 35.8 Å². The molecule has 1 aliphatic rings. The summed E-state index contributed by atoms with van der Waals surface area (Å²) in [7, 11) is 2.63. The molecule has 134 valence electrons. The van der Waals surface area contributed by atoms with Crippen molar-refractivity contribution in [2.75, 3.05) is 27.3 Å². The number of carbonyl (C=O) groups excluding carboxylic acids is 2. The molecule has 0 spiro atoms. The van der Waals surface area contributed by atoms with E-state index in [1.54, 1.807) is 0 Å². The summed E-state index contributed by atoms with van der Waals surface area (Å²) in [5, 5.41) is 0.606. The van der Waals surface area contributed by atoms with Crippen LogP contribution in [0.4, 0.5) is 4.39 Å². The van der Waals surface area contributed by atoms with E-state index in [0.717, 1.165) is 25.1 Å². The molecule has 6 nitrogen and oxygen atoms in total. The maximum Gasteiger partial charge on any atom is 0.338 e. The first-order valence-electron chi connectivity index (χ1n) is 8.12. The molecule has 0 bridgehead atoms. The van der Waals surface area contributed by atoms with Crippen LogP contribution in [0.25, 0.3) is 10.9 Å². The summed E-state index contributed by atoms with van der Waals surface area (Å²) in [5.74, 6) is -1.40. The molecule has 25 heavy (non-hydrogen) atoms. The first-order chi connectivity index (χ1) is 11.9. The molecule has 1 fully saturated rings. The minimum Gasteiger partial charge on any atom is -0.468 e. The van der Waals surface area contributed by atoms with Gasteiger partial charge < -0.3 is 14.5 Å². The van der Waals surface area contributed by atoms with Gasteiger partial charge in [0.1, 0.15) is 5.82 Å². The molecule has 7 heteroatoms. The fourth-order valence-electron chi connectivity index (χ4n) is 3.57. The second-order valence-electron chi connectivity index (χ2n) is 6.46. The number of carbonyl (C=O) groups is 2. The van der Waals surface area contributed by atoms with Crippen LogP contribution in [0, 0.1) is 5.82 Å². The Morgan fingerprint density at radius 3 is 2.72 bits per heavy atom. The van der Waals surface area contributed by atoms with Crippen molar-refractivity contribution in [3.8, 4) is 0 Å². The minimum atomic E-state index is -0.585. The number of aromatic nitrogens is 1. The Labute approximate surface area is 144 Å². The second kappa shape index (κ2) is 6.48. The largest absolute Gasteiger partial charge is 0.468 e. The van der Waals surface area contributed by atoms with E-state index in [4.69, 9.17) is 9.47 Å². The van der Waals surface area contributed by atoms with Gasteiger partial charge in [-0.3, -0.25) is 9.69 Å². The van der Waals surface area contributed by atoms with Crippen molar-refractivity contribution in [1.82, 2.24) is 9.88 Å². The zero-order valence-corrected chi connectivity index (χ0v) is 14.5. The van der Waals surface area contributed by atoms with Crippen molar-refractivity contribution in [1.29, 1.82) is 0 Å². The number of aromatic amines is 1. The summed E-state index contributed by atoms with van der Waals surface area (Å²) >= 11 is 0. The molecule has 1 aliphatic heterocycles. The lowest BCUT2D eigenvalue weighted by molar-refractivity contribution is -0.143. The van der Waals surface area contributed by atoms with E-state index >= 15 is 0 Å². The Balaban J connectivity index is 2.06. The molecule has 0 amide bonds. The van der Waals surface area contributed by atoms with Crippen molar-refractivity contribution in [3.63, 3.8) is 0 Å². The number of ether oxygens (including phenoxy) is 2. The molecule has 3 rings (SSSR count). The summed E-state index contributed by atoms with van der Waals surface area (Å²) in [6.45, 7) is 2.97. The quantitative estimate of drug-likeness (QED) is 0.860. The van der Waals surface area contributed by atoms with E-state index in [2.05, 4.69) is 4.98 Å². The van der Waals surface area contributed by atoms with Crippen molar-refractivity contribution in [3.05, 3.63) is 35.3 Å². The predicted octanol–water partition coefficient (Wildman–Crippen LogP) is 2.58. The highest BCUT2D eigenvalue weighted by molar-refractivity contribution is 6.04. The molecule has 2 heterocycles. The van der Waals surface area contributed by atoms with E-state index in [0.29, 0.717) is 10.9 Å². The standard InChI is InChI=1S/C18H21FN2O4/c1-18(5-4-6-21(18)10-16(22)24-2)15-9-12-13(17(23)25-3)7-11(19)8-14(12)20-15/h7-9,20H,4-6,10H2,1-3H3/t18-/m1/s1. The third-order valence-corrected chi connectivity index (χ3v) is 5.03. The molecular formula is C18H21FN2O4. The summed E-state index contributed by atoms with van der Waals surface area (Å²) in [6, 6.07) is 4.37. The lowest BCUT2D eigenvalue weighted by Gasteiger charge is -2.33. The van der Waals surface area contributed by atoms with Gasteiger partial charge in [0.05, 0.1) is 31.9 Å². The van der Waals surface area contributed by atoms with Crippen LogP contribution in [-0.2, 0) is 19.8 Å². The van der Waals surface area contributed by atoms with Crippen molar-refractivity contribution in [2.24, 2.45) is 0 Å². The van der Waals surface area contributed by atoms with Gasteiger partial charge in [0.2, 0.25) is 0 Å². The molecule has 1 saturated heterocycles. The van der Waals surface area contributed by atoms with Gasteiger partial charge in [0, 0.05) is 16.6 Å². The number of fused-ring (bicyclic) bond motifs is 1. The summed E-state index contributed by atoms with van der Waals surface area (Å²) in [5.41, 5.74) is 1.12. The number of nitrogens with zero attached hydrogens (tertiary/aromatic N) is 1. The van der Waals surface area contributed by atoms with Crippen molar-refractivity contribution >= 4 is 22.8 Å². The Morgan fingerprint density at radius 2 is 2.04 bits per heavy atom. The van der Waals surface area contributed by atoms with E-state index in [1.165, 1.54) is 26.4 Å². The van der Waals surface area contributed by atoms with Gasteiger partial charge in [0.15, 0.2) is 0 Å². The molecule has 2 aromatic rings.